The minimum atomic E-state index is -0.610. The molecule has 0 aliphatic carbocycles. The molecule has 0 fully saturated rings. The molecule has 0 radical (unpaired) electrons. The fourth-order valence-electron chi connectivity index (χ4n) is 3.96. The lowest BCUT2D eigenvalue weighted by Crippen LogP contribution is -2.12. The van der Waals surface area contributed by atoms with E-state index in [4.69, 9.17) is 14.2 Å². The first-order valence-electron chi connectivity index (χ1n) is 12.6. The molecule has 0 bridgehead atoms. The molecule has 0 N–H and O–H groups in total. The van der Waals surface area contributed by atoms with Crippen molar-refractivity contribution in [2.24, 2.45) is 0 Å². The van der Waals surface area contributed by atoms with E-state index in [0.717, 1.165) is 17.0 Å². The summed E-state index contributed by atoms with van der Waals surface area (Å²) in [6.07, 6.45) is 0. The van der Waals surface area contributed by atoms with Crippen LogP contribution in [-0.2, 0) is 6.61 Å². The molecule has 4 rings (SSSR count). The summed E-state index contributed by atoms with van der Waals surface area (Å²) in [6, 6.07) is 17.1. The number of hydrogen-bond acceptors (Lipinski definition) is 8. The Morgan fingerprint density at radius 2 is 1.73 bits per heavy atom. The number of thioether (sulfide) groups is 1. The maximum Gasteiger partial charge on any atom is 0.220 e. The summed E-state index contributed by atoms with van der Waals surface area (Å²) in [5.74, 6) is 1.95. The van der Waals surface area contributed by atoms with E-state index >= 15 is 0 Å². The summed E-state index contributed by atoms with van der Waals surface area (Å²) in [7, 11) is 0. The number of hydrogen-bond donors (Lipinski definition) is 0. The Bertz CT molecular complexity index is 1450. The summed E-state index contributed by atoms with van der Waals surface area (Å²) in [5, 5.41) is 20.2. The standard InChI is InChI=1S/C28H28BrFN4O5S/c1-4-37-23-12-10-22(11-13-23)34-18(3)31-32-28(34)40-26(16-33(35)36)20-14-24(29)27(25(15-20)38-5-2)39-17-19-6-8-21(30)9-7-19/h6-15,26H,4-5,16-17H2,1-3H3/t26-/m1/s1. The molecular formula is C28H28BrFN4O5S. The predicted molar refractivity (Wildman–Crippen MR) is 154 cm³/mol. The minimum Gasteiger partial charge on any atom is -0.494 e. The second-order valence-electron chi connectivity index (χ2n) is 8.59. The number of ether oxygens (including phenoxy) is 3. The van der Waals surface area contributed by atoms with E-state index in [0.29, 0.717) is 45.7 Å². The number of halogens is 2. The molecule has 0 saturated heterocycles. The second-order valence-corrected chi connectivity index (χ2v) is 10.6. The van der Waals surface area contributed by atoms with Gasteiger partial charge in [0.15, 0.2) is 16.7 Å². The van der Waals surface area contributed by atoms with Crippen molar-refractivity contribution in [3.8, 4) is 22.9 Å². The van der Waals surface area contributed by atoms with Crippen molar-refractivity contribution in [3.63, 3.8) is 0 Å². The Balaban J connectivity index is 1.64. The highest BCUT2D eigenvalue weighted by Gasteiger charge is 2.26. The SMILES string of the molecule is CCOc1ccc(-n2c(C)nnc2S[C@H](C[N+](=O)[O-])c2cc(Br)c(OCc3ccc(F)cc3)c(OCC)c2)cc1. The Morgan fingerprint density at radius 1 is 1.02 bits per heavy atom. The normalized spacial score (nSPS) is 11.7. The van der Waals surface area contributed by atoms with Gasteiger partial charge in [-0.15, -0.1) is 10.2 Å². The van der Waals surface area contributed by atoms with Crippen LogP contribution in [0.4, 0.5) is 4.39 Å². The molecule has 0 saturated carbocycles. The molecular weight excluding hydrogens is 603 g/mol. The molecule has 0 spiro atoms. The van der Waals surface area contributed by atoms with Crippen LogP contribution in [0.3, 0.4) is 0 Å². The highest BCUT2D eigenvalue weighted by molar-refractivity contribution is 9.10. The third-order valence-electron chi connectivity index (χ3n) is 5.76. The number of nitrogens with zero attached hydrogens (tertiary/aromatic N) is 4. The first kappa shape index (κ1) is 29.3. The molecule has 0 aliphatic heterocycles. The van der Waals surface area contributed by atoms with E-state index < -0.39 is 5.25 Å². The van der Waals surface area contributed by atoms with Gasteiger partial charge in [-0.05, 0) is 96.4 Å². The summed E-state index contributed by atoms with van der Waals surface area (Å²) >= 11 is 4.80. The van der Waals surface area contributed by atoms with Crippen molar-refractivity contribution in [1.82, 2.24) is 14.8 Å². The first-order valence-corrected chi connectivity index (χ1v) is 14.2. The lowest BCUT2D eigenvalue weighted by molar-refractivity contribution is -0.479. The van der Waals surface area contributed by atoms with E-state index in [1.807, 2.05) is 49.6 Å². The van der Waals surface area contributed by atoms with Gasteiger partial charge in [0.25, 0.3) is 0 Å². The van der Waals surface area contributed by atoms with E-state index in [1.165, 1.54) is 23.9 Å². The van der Waals surface area contributed by atoms with Crippen LogP contribution in [0.5, 0.6) is 17.2 Å². The zero-order valence-corrected chi connectivity index (χ0v) is 24.6. The molecule has 40 heavy (non-hydrogen) atoms. The first-order chi connectivity index (χ1) is 19.3. The van der Waals surface area contributed by atoms with Crippen molar-refractivity contribution in [2.75, 3.05) is 19.8 Å². The number of benzene rings is 3. The monoisotopic (exact) mass is 630 g/mol. The van der Waals surface area contributed by atoms with Gasteiger partial charge in [-0.2, -0.15) is 0 Å². The van der Waals surface area contributed by atoms with E-state index in [2.05, 4.69) is 26.1 Å². The van der Waals surface area contributed by atoms with Gasteiger partial charge >= 0.3 is 0 Å². The fourth-order valence-corrected chi connectivity index (χ4v) is 5.69. The third-order valence-corrected chi connectivity index (χ3v) is 7.53. The number of rotatable bonds is 13. The van der Waals surface area contributed by atoms with Gasteiger partial charge in [0, 0.05) is 10.6 Å². The lowest BCUT2D eigenvalue weighted by Gasteiger charge is -2.19. The molecule has 0 amide bonds. The largest absolute Gasteiger partial charge is 0.494 e. The molecule has 1 atom stereocenters. The maximum atomic E-state index is 13.3. The van der Waals surface area contributed by atoms with Crippen molar-refractivity contribution < 1.29 is 23.5 Å². The molecule has 4 aromatic rings. The average molecular weight is 632 g/mol. The summed E-state index contributed by atoms with van der Waals surface area (Å²) < 4.78 is 33.1. The number of aromatic nitrogens is 3. The Kier molecular flexibility index (Phi) is 9.99. The Hall–Kier alpha value is -3.64. The summed E-state index contributed by atoms with van der Waals surface area (Å²) in [5.41, 5.74) is 2.25. The van der Waals surface area contributed by atoms with Gasteiger partial charge in [0.2, 0.25) is 6.54 Å². The topological polar surface area (TPSA) is 102 Å². The molecule has 1 aromatic heterocycles. The van der Waals surface area contributed by atoms with Crippen LogP contribution < -0.4 is 14.2 Å². The maximum absolute atomic E-state index is 13.3. The minimum absolute atomic E-state index is 0.190. The van der Waals surface area contributed by atoms with Crippen LogP contribution >= 0.6 is 27.7 Å². The third kappa shape index (κ3) is 7.30. The van der Waals surface area contributed by atoms with Gasteiger partial charge in [-0.25, -0.2) is 4.39 Å². The molecule has 12 heteroatoms. The average Bonchev–Trinajstić information content (AvgIpc) is 3.29. The van der Waals surface area contributed by atoms with Crippen LogP contribution in [-0.4, -0.2) is 39.4 Å². The van der Waals surface area contributed by atoms with E-state index in [1.54, 1.807) is 24.3 Å². The fraction of sp³-hybridized carbons (Fsp3) is 0.286. The van der Waals surface area contributed by atoms with Crippen molar-refractivity contribution in [2.45, 2.75) is 37.8 Å². The quantitative estimate of drug-likeness (QED) is 0.0887. The number of aryl methyl sites for hydroxylation is 1. The number of nitro groups is 1. The van der Waals surface area contributed by atoms with Crippen LogP contribution in [0.15, 0.2) is 70.3 Å². The highest BCUT2D eigenvalue weighted by Crippen LogP contribution is 2.43. The van der Waals surface area contributed by atoms with Crippen molar-refractivity contribution >= 4 is 27.7 Å². The van der Waals surface area contributed by atoms with Crippen LogP contribution in [0.1, 0.15) is 36.0 Å². The predicted octanol–water partition coefficient (Wildman–Crippen LogP) is 6.96. The Labute approximate surface area is 243 Å². The second kappa shape index (κ2) is 13.6. The summed E-state index contributed by atoms with van der Waals surface area (Å²) in [6.45, 7) is 6.35. The molecule has 9 nitrogen and oxygen atoms in total. The van der Waals surface area contributed by atoms with Crippen molar-refractivity contribution in [3.05, 3.63) is 98.0 Å². The molecule has 0 unspecified atom stereocenters. The van der Waals surface area contributed by atoms with Gasteiger partial charge in [-0.1, -0.05) is 23.9 Å². The van der Waals surface area contributed by atoms with Gasteiger partial charge < -0.3 is 14.2 Å². The van der Waals surface area contributed by atoms with Gasteiger partial charge in [0.1, 0.15) is 29.2 Å². The van der Waals surface area contributed by atoms with Crippen molar-refractivity contribution in [1.29, 1.82) is 0 Å². The van der Waals surface area contributed by atoms with Crippen LogP contribution in [0.2, 0.25) is 0 Å². The molecule has 3 aromatic carbocycles. The molecule has 1 heterocycles. The smallest absolute Gasteiger partial charge is 0.220 e. The highest BCUT2D eigenvalue weighted by atomic mass is 79.9. The zero-order chi connectivity index (χ0) is 28.6. The summed E-state index contributed by atoms with van der Waals surface area (Å²) in [4.78, 5) is 11.4. The lowest BCUT2D eigenvalue weighted by atomic mass is 10.1. The molecule has 210 valence electrons. The van der Waals surface area contributed by atoms with Crippen LogP contribution in [0.25, 0.3) is 5.69 Å². The van der Waals surface area contributed by atoms with Gasteiger partial charge in [-0.3, -0.25) is 14.7 Å². The van der Waals surface area contributed by atoms with E-state index in [-0.39, 0.29) is 23.9 Å². The van der Waals surface area contributed by atoms with E-state index in [9.17, 15) is 14.5 Å². The molecule has 0 aliphatic rings. The Morgan fingerprint density at radius 3 is 2.38 bits per heavy atom. The zero-order valence-electron chi connectivity index (χ0n) is 22.2. The van der Waals surface area contributed by atoms with Gasteiger partial charge in [0.05, 0.1) is 17.7 Å². The van der Waals surface area contributed by atoms with Crippen LogP contribution in [0, 0.1) is 22.9 Å².